The van der Waals surface area contributed by atoms with Crippen molar-refractivity contribution < 1.29 is 9.53 Å². The summed E-state index contributed by atoms with van der Waals surface area (Å²) in [5.41, 5.74) is 3.55. The highest BCUT2D eigenvalue weighted by atomic mass is 16.5. The number of carbonyl (C=O) groups excluding carboxylic acids is 1. The van der Waals surface area contributed by atoms with Gasteiger partial charge in [0, 0.05) is 24.5 Å². The molecule has 1 N–H and O–H groups in total. The third-order valence-electron chi connectivity index (χ3n) is 3.54. The van der Waals surface area contributed by atoms with E-state index < -0.39 is 0 Å². The average Bonchev–Trinajstić information content (AvgIpc) is 2.94. The smallest absolute Gasteiger partial charge is 0.255 e. The Bertz CT molecular complexity index is 872. The Kier molecular flexibility index (Phi) is 3.92. The van der Waals surface area contributed by atoms with Crippen LogP contribution in [0.4, 0.5) is 0 Å². The number of aromatic nitrogens is 4. The molecule has 3 aromatic rings. The third-order valence-corrected chi connectivity index (χ3v) is 3.54. The van der Waals surface area contributed by atoms with Gasteiger partial charge in [0.25, 0.3) is 5.91 Å². The van der Waals surface area contributed by atoms with Crippen molar-refractivity contribution in [3.63, 3.8) is 0 Å². The van der Waals surface area contributed by atoms with E-state index in [0.717, 1.165) is 22.7 Å². The number of nitrogens with zero attached hydrogens (tertiary/aromatic N) is 4. The zero-order valence-corrected chi connectivity index (χ0v) is 13.2. The minimum atomic E-state index is -0.213. The number of nitrogens with one attached hydrogen (secondary N) is 1. The van der Waals surface area contributed by atoms with Crippen LogP contribution in [0.25, 0.3) is 5.65 Å². The zero-order chi connectivity index (χ0) is 16.4. The summed E-state index contributed by atoms with van der Waals surface area (Å²) in [5.74, 6) is 0.491. The fourth-order valence-corrected chi connectivity index (χ4v) is 2.33. The van der Waals surface area contributed by atoms with E-state index in [0.29, 0.717) is 17.9 Å². The van der Waals surface area contributed by atoms with Gasteiger partial charge in [-0.1, -0.05) is 0 Å². The Hall–Kier alpha value is -2.96. The maximum Gasteiger partial charge on any atom is 0.255 e. The molecular weight excluding hydrogens is 294 g/mol. The van der Waals surface area contributed by atoms with Crippen molar-refractivity contribution in [1.29, 1.82) is 0 Å². The summed E-state index contributed by atoms with van der Waals surface area (Å²) in [6.45, 7) is 4.05. The molecule has 3 heterocycles. The molecule has 0 saturated heterocycles. The van der Waals surface area contributed by atoms with E-state index in [1.165, 1.54) is 0 Å². The molecule has 0 aliphatic carbocycles. The number of ether oxygens (including phenoxy) is 1. The topological polar surface area (TPSA) is 81.4 Å². The number of fused-ring (bicyclic) bond motifs is 1. The number of carbonyl (C=O) groups is 1. The first-order valence-electron chi connectivity index (χ1n) is 7.17. The van der Waals surface area contributed by atoms with Crippen LogP contribution in [0.1, 0.15) is 27.4 Å². The van der Waals surface area contributed by atoms with Crippen molar-refractivity contribution >= 4 is 11.6 Å². The molecule has 1 amide bonds. The molecule has 0 bridgehead atoms. The van der Waals surface area contributed by atoms with Crippen LogP contribution in [0.2, 0.25) is 0 Å². The molecule has 7 heteroatoms. The highest BCUT2D eigenvalue weighted by Crippen LogP contribution is 2.12. The monoisotopic (exact) mass is 311 g/mol. The van der Waals surface area contributed by atoms with Crippen LogP contribution in [-0.2, 0) is 6.54 Å². The Morgan fingerprint density at radius 2 is 2.13 bits per heavy atom. The van der Waals surface area contributed by atoms with Gasteiger partial charge in [0.1, 0.15) is 5.75 Å². The second-order valence-electron chi connectivity index (χ2n) is 5.18. The molecule has 23 heavy (non-hydrogen) atoms. The first-order valence-corrected chi connectivity index (χ1v) is 7.17. The van der Waals surface area contributed by atoms with Crippen LogP contribution in [-0.4, -0.2) is 32.6 Å². The maximum absolute atomic E-state index is 12.4. The Labute approximate surface area is 133 Å². The second-order valence-corrected chi connectivity index (χ2v) is 5.18. The van der Waals surface area contributed by atoms with E-state index >= 15 is 0 Å². The van der Waals surface area contributed by atoms with Crippen molar-refractivity contribution in [1.82, 2.24) is 24.9 Å². The van der Waals surface area contributed by atoms with E-state index in [-0.39, 0.29) is 5.91 Å². The lowest BCUT2D eigenvalue weighted by molar-refractivity contribution is 0.0948. The summed E-state index contributed by atoms with van der Waals surface area (Å²) in [7, 11) is 1.59. The van der Waals surface area contributed by atoms with Crippen LogP contribution in [0.5, 0.6) is 5.75 Å². The lowest BCUT2D eigenvalue weighted by Gasteiger charge is -2.09. The van der Waals surface area contributed by atoms with Crippen molar-refractivity contribution in [2.45, 2.75) is 20.4 Å². The molecule has 3 aromatic heterocycles. The van der Waals surface area contributed by atoms with Gasteiger partial charge in [-0.05, 0) is 19.9 Å². The minimum Gasteiger partial charge on any atom is -0.497 e. The second kappa shape index (κ2) is 6.04. The number of aryl methyl sites for hydroxylation is 2. The van der Waals surface area contributed by atoms with Crippen molar-refractivity contribution in [3.8, 4) is 5.75 Å². The standard InChI is InChI=1S/C16H17N5O2/c1-10-6-15-18-9-14(11(2)21(15)20-10)16(22)19-8-12-7-13(23-3)4-5-17-12/h4-7,9H,8H2,1-3H3,(H,19,22). The average molecular weight is 311 g/mol. The molecular formula is C16H17N5O2. The highest BCUT2D eigenvalue weighted by Gasteiger charge is 2.13. The third kappa shape index (κ3) is 2.98. The van der Waals surface area contributed by atoms with E-state index in [1.807, 2.05) is 19.9 Å². The molecule has 0 aliphatic rings. The van der Waals surface area contributed by atoms with Gasteiger partial charge in [0.05, 0.1) is 36.3 Å². The van der Waals surface area contributed by atoms with Crippen molar-refractivity contribution in [2.24, 2.45) is 0 Å². The first kappa shape index (κ1) is 15.0. The van der Waals surface area contributed by atoms with Crippen LogP contribution in [0.15, 0.2) is 30.6 Å². The molecule has 0 aromatic carbocycles. The van der Waals surface area contributed by atoms with E-state index in [1.54, 1.807) is 36.2 Å². The number of methoxy groups -OCH3 is 1. The van der Waals surface area contributed by atoms with Crippen LogP contribution in [0, 0.1) is 13.8 Å². The first-order chi connectivity index (χ1) is 11.1. The number of rotatable bonds is 4. The Morgan fingerprint density at radius 1 is 1.30 bits per heavy atom. The molecule has 0 spiro atoms. The fourth-order valence-electron chi connectivity index (χ4n) is 2.33. The van der Waals surface area contributed by atoms with Crippen LogP contribution < -0.4 is 10.1 Å². The number of hydrogen-bond acceptors (Lipinski definition) is 5. The van der Waals surface area contributed by atoms with Gasteiger partial charge in [-0.25, -0.2) is 9.50 Å². The van der Waals surface area contributed by atoms with Crippen molar-refractivity contribution in [3.05, 3.63) is 53.2 Å². The summed E-state index contributed by atoms with van der Waals surface area (Å²) in [5, 5.41) is 7.18. The SMILES string of the molecule is COc1ccnc(CNC(=O)c2cnc3cc(C)nn3c2C)c1. The molecule has 0 radical (unpaired) electrons. The van der Waals surface area contributed by atoms with Crippen LogP contribution >= 0.6 is 0 Å². The zero-order valence-electron chi connectivity index (χ0n) is 13.2. The molecule has 0 atom stereocenters. The lowest BCUT2D eigenvalue weighted by atomic mass is 10.2. The lowest BCUT2D eigenvalue weighted by Crippen LogP contribution is -2.25. The van der Waals surface area contributed by atoms with Crippen molar-refractivity contribution in [2.75, 3.05) is 7.11 Å². The van der Waals surface area contributed by atoms with Gasteiger partial charge in [-0.3, -0.25) is 9.78 Å². The summed E-state index contributed by atoms with van der Waals surface area (Å²) >= 11 is 0. The number of pyridine rings is 1. The van der Waals surface area contributed by atoms with Gasteiger partial charge in [-0.15, -0.1) is 0 Å². The Balaban J connectivity index is 1.79. The van der Waals surface area contributed by atoms with Gasteiger partial charge >= 0.3 is 0 Å². The molecule has 7 nitrogen and oxygen atoms in total. The minimum absolute atomic E-state index is 0.213. The summed E-state index contributed by atoms with van der Waals surface area (Å²) in [4.78, 5) is 20.9. The number of amides is 1. The van der Waals surface area contributed by atoms with Gasteiger partial charge < -0.3 is 10.1 Å². The van der Waals surface area contributed by atoms with Gasteiger partial charge in [-0.2, -0.15) is 5.10 Å². The predicted octanol–water partition coefficient (Wildman–Crippen LogP) is 1.68. The molecule has 0 unspecified atom stereocenters. The summed E-state index contributed by atoms with van der Waals surface area (Å²) < 4.78 is 6.82. The molecule has 118 valence electrons. The fraction of sp³-hybridized carbons (Fsp3) is 0.250. The largest absolute Gasteiger partial charge is 0.497 e. The highest BCUT2D eigenvalue weighted by molar-refractivity contribution is 5.95. The van der Waals surface area contributed by atoms with Gasteiger partial charge in [0.2, 0.25) is 0 Å². The quantitative estimate of drug-likeness (QED) is 0.793. The van der Waals surface area contributed by atoms with E-state index in [2.05, 4.69) is 20.4 Å². The van der Waals surface area contributed by atoms with E-state index in [4.69, 9.17) is 4.74 Å². The summed E-state index contributed by atoms with van der Waals surface area (Å²) in [6, 6.07) is 5.41. The molecule has 0 fully saturated rings. The summed E-state index contributed by atoms with van der Waals surface area (Å²) in [6.07, 6.45) is 3.21. The van der Waals surface area contributed by atoms with E-state index in [9.17, 15) is 4.79 Å². The molecule has 3 rings (SSSR count). The predicted molar refractivity (Wildman–Crippen MR) is 84.4 cm³/mol. The van der Waals surface area contributed by atoms with Crippen LogP contribution in [0.3, 0.4) is 0 Å². The maximum atomic E-state index is 12.4. The molecule has 0 saturated carbocycles. The number of hydrogen-bond donors (Lipinski definition) is 1. The Morgan fingerprint density at radius 3 is 2.91 bits per heavy atom. The molecule has 0 aliphatic heterocycles. The van der Waals surface area contributed by atoms with Gasteiger partial charge in [0.15, 0.2) is 5.65 Å². The normalized spacial score (nSPS) is 10.7.